The summed E-state index contributed by atoms with van der Waals surface area (Å²) in [7, 11) is -3.25. The second-order valence-electron chi connectivity index (χ2n) is 5.77. The first-order valence-corrected chi connectivity index (χ1v) is 9.00. The third-order valence-electron chi connectivity index (χ3n) is 4.27. The third-order valence-corrected chi connectivity index (χ3v) is 6.44. The van der Waals surface area contributed by atoms with Gasteiger partial charge in [0, 0.05) is 12.1 Å². The second kappa shape index (κ2) is 6.22. The number of rotatable bonds is 2. The van der Waals surface area contributed by atoms with Gasteiger partial charge in [0.25, 0.3) is 0 Å². The molecule has 0 bridgehead atoms. The van der Waals surface area contributed by atoms with Crippen LogP contribution in [-0.2, 0) is 14.6 Å². The summed E-state index contributed by atoms with van der Waals surface area (Å²) in [6, 6.07) is -0.107. The van der Waals surface area contributed by atoms with Crippen molar-refractivity contribution in [2.45, 2.75) is 68.7 Å². The van der Waals surface area contributed by atoms with E-state index in [1.807, 2.05) is 0 Å². The van der Waals surface area contributed by atoms with E-state index in [0.717, 1.165) is 38.5 Å². The molecular weight excluding hydrogens is 264 g/mol. The van der Waals surface area contributed by atoms with Crippen LogP contribution in [0.25, 0.3) is 0 Å². The lowest BCUT2D eigenvalue weighted by molar-refractivity contribution is -0.121. The van der Waals surface area contributed by atoms with Crippen molar-refractivity contribution in [3.8, 4) is 0 Å². The summed E-state index contributed by atoms with van der Waals surface area (Å²) in [5, 5.41) is 2.04. The summed E-state index contributed by atoms with van der Waals surface area (Å²) in [4.78, 5) is 12.2. The predicted octanol–water partition coefficient (Wildman–Crippen LogP) is 0.730. The maximum Gasteiger partial charge on any atom is 0.238 e. The quantitative estimate of drug-likeness (QED) is 0.733. The van der Waals surface area contributed by atoms with Gasteiger partial charge in [-0.3, -0.25) is 4.79 Å². The van der Waals surface area contributed by atoms with Crippen LogP contribution in [0.2, 0.25) is 0 Å². The first-order valence-electron chi connectivity index (χ1n) is 7.28. The van der Waals surface area contributed by atoms with E-state index in [2.05, 4.69) is 5.32 Å². The molecule has 1 aliphatic heterocycles. The number of hydrogen-bond donors (Lipinski definition) is 2. The first kappa shape index (κ1) is 14.8. The zero-order valence-corrected chi connectivity index (χ0v) is 12.1. The van der Waals surface area contributed by atoms with E-state index >= 15 is 0 Å². The molecule has 3 atom stereocenters. The fraction of sp³-hybridized carbons (Fsp3) is 0.923. The van der Waals surface area contributed by atoms with Crippen LogP contribution in [0, 0.1) is 0 Å². The number of amides is 1. The molecule has 0 aromatic rings. The monoisotopic (exact) mass is 288 g/mol. The van der Waals surface area contributed by atoms with Crippen LogP contribution >= 0.6 is 0 Å². The number of nitrogens with two attached hydrogens (primary N) is 1. The molecule has 3 unspecified atom stereocenters. The molecule has 0 spiro atoms. The molecule has 19 heavy (non-hydrogen) atoms. The summed E-state index contributed by atoms with van der Waals surface area (Å²) in [5.74, 6) is -0.191. The highest BCUT2D eigenvalue weighted by Gasteiger charge is 2.36. The van der Waals surface area contributed by atoms with Crippen molar-refractivity contribution in [1.82, 2.24) is 5.32 Å². The average Bonchev–Trinajstić information content (AvgIpc) is 2.54. The summed E-state index contributed by atoms with van der Waals surface area (Å²) >= 11 is 0. The Hall–Kier alpha value is -0.620. The van der Waals surface area contributed by atoms with Gasteiger partial charge in [-0.15, -0.1) is 0 Å². The van der Waals surface area contributed by atoms with Gasteiger partial charge in [0.1, 0.15) is 5.25 Å². The fourth-order valence-electron chi connectivity index (χ4n) is 3.04. The van der Waals surface area contributed by atoms with Gasteiger partial charge in [-0.1, -0.05) is 25.7 Å². The van der Waals surface area contributed by atoms with Crippen LogP contribution in [-0.4, -0.2) is 37.4 Å². The summed E-state index contributed by atoms with van der Waals surface area (Å²) in [6.45, 7) is 0. The standard InChI is InChI=1S/C13H24N2O3S/c14-10-6-2-1-3-7-11(10)15-13(16)12-8-4-5-9-19(12,17)18/h10-12H,1-9,14H2,(H,15,16). The van der Waals surface area contributed by atoms with E-state index < -0.39 is 15.1 Å². The highest BCUT2D eigenvalue weighted by Crippen LogP contribution is 2.21. The number of carbonyl (C=O) groups excluding carboxylic acids is 1. The van der Waals surface area contributed by atoms with E-state index in [1.165, 1.54) is 0 Å². The predicted molar refractivity (Wildman–Crippen MR) is 74.4 cm³/mol. The van der Waals surface area contributed by atoms with Crippen LogP contribution in [0.1, 0.15) is 51.4 Å². The van der Waals surface area contributed by atoms with Gasteiger partial charge in [-0.05, 0) is 25.7 Å². The molecule has 0 radical (unpaired) electrons. The van der Waals surface area contributed by atoms with Crippen molar-refractivity contribution in [3.63, 3.8) is 0 Å². The smallest absolute Gasteiger partial charge is 0.238 e. The van der Waals surface area contributed by atoms with Crippen molar-refractivity contribution < 1.29 is 13.2 Å². The maximum absolute atomic E-state index is 12.2. The Morgan fingerprint density at radius 2 is 1.68 bits per heavy atom. The molecule has 2 fully saturated rings. The molecule has 1 aliphatic carbocycles. The van der Waals surface area contributed by atoms with Gasteiger partial charge in [0.15, 0.2) is 9.84 Å². The van der Waals surface area contributed by atoms with Crippen molar-refractivity contribution in [3.05, 3.63) is 0 Å². The minimum absolute atomic E-state index is 0.0438. The molecule has 0 aromatic heterocycles. The molecule has 2 rings (SSSR count). The lowest BCUT2D eigenvalue weighted by Crippen LogP contribution is -2.52. The van der Waals surface area contributed by atoms with Gasteiger partial charge in [-0.2, -0.15) is 0 Å². The average molecular weight is 288 g/mol. The Balaban J connectivity index is 1.99. The van der Waals surface area contributed by atoms with E-state index in [0.29, 0.717) is 12.8 Å². The third kappa shape index (κ3) is 3.69. The summed E-state index contributed by atoms with van der Waals surface area (Å²) in [5.41, 5.74) is 6.06. The molecule has 0 aromatic carbocycles. The lowest BCUT2D eigenvalue weighted by atomic mass is 10.0. The summed E-state index contributed by atoms with van der Waals surface area (Å²) in [6.07, 6.45) is 6.99. The molecular formula is C13H24N2O3S. The molecule has 5 nitrogen and oxygen atoms in total. The van der Waals surface area contributed by atoms with Crippen LogP contribution in [0.4, 0.5) is 0 Å². The maximum atomic E-state index is 12.2. The topological polar surface area (TPSA) is 89.3 Å². The van der Waals surface area contributed by atoms with Gasteiger partial charge >= 0.3 is 0 Å². The molecule has 2 aliphatic rings. The van der Waals surface area contributed by atoms with E-state index in [-0.39, 0.29) is 23.7 Å². The molecule has 1 saturated heterocycles. The fourth-order valence-corrected chi connectivity index (χ4v) is 4.85. The summed E-state index contributed by atoms with van der Waals surface area (Å²) < 4.78 is 23.8. The highest BCUT2D eigenvalue weighted by atomic mass is 32.2. The Kier molecular flexibility index (Phi) is 4.84. The number of sulfone groups is 1. The molecule has 3 N–H and O–H groups in total. The molecule has 110 valence electrons. The number of carbonyl (C=O) groups is 1. The molecule has 1 saturated carbocycles. The largest absolute Gasteiger partial charge is 0.351 e. The van der Waals surface area contributed by atoms with E-state index in [1.54, 1.807) is 0 Å². The Morgan fingerprint density at radius 3 is 2.42 bits per heavy atom. The Labute approximate surface area is 115 Å². The first-order chi connectivity index (χ1) is 9.00. The second-order valence-corrected chi connectivity index (χ2v) is 8.07. The Bertz CT molecular complexity index is 422. The van der Waals surface area contributed by atoms with Crippen molar-refractivity contribution >= 4 is 15.7 Å². The van der Waals surface area contributed by atoms with Crippen LogP contribution in [0.5, 0.6) is 0 Å². The molecule has 6 heteroatoms. The van der Waals surface area contributed by atoms with Crippen LogP contribution in [0.3, 0.4) is 0 Å². The van der Waals surface area contributed by atoms with Crippen molar-refractivity contribution in [2.24, 2.45) is 5.73 Å². The van der Waals surface area contributed by atoms with Gasteiger partial charge in [0.2, 0.25) is 5.91 Å². The van der Waals surface area contributed by atoms with Gasteiger partial charge < -0.3 is 11.1 Å². The zero-order valence-electron chi connectivity index (χ0n) is 11.3. The van der Waals surface area contributed by atoms with Gasteiger partial charge in [-0.25, -0.2) is 8.42 Å². The number of nitrogens with one attached hydrogen (secondary N) is 1. The highest BCUT2D eigenvalue weighted by molar-refractivity contribution is 7.92. The van der Waals surface area contributed by atoms with Crippen LogP contribution < -0.4 is 11.1 Å². The van der Waals surface area contributed by atoms with E-state index in [9.17, 15) is 13.2 Å². The molecule has 1 amide bonds. The minimum Gasteiger partial charge on any atom is -0.351 e. The Morgan fingerprint density at radius 1 is 1.00 bits per heavy atom. The van der Waals surface area contributed by atoms with E-state index in [4.69, 9.17) is 5.73 Å². The van der Waals surface area contributed by atoms with Crippen molar-refractivity contribution in [1.29, 1.82) is 0 Å². The van der Waals surface area contributed by atoms with Crippen LogP contribution in [0.15, 0.2) is 0 Å². The minimum atomic E-state index is -3.25. The normalized spacial score (nSPS) is 35.3. The lowest BCUT2D eigenvalue weighted by Gasteiger charge is -2.27. The van der Waals surface area contributed by atoms with Gasteiger partial charge in [0.05, 0.1) is 5.75 Å². The molecule has 1 heterocycles. The zero-order chi connectivity index (χ0) is 13.9. The van der Waals surface area contributed by atoms with Crippen molar-refractivity contribution in [2.75, 3.05) is 5.75 Å². The SMILES string of the molecule is NC1CCCCCC1NC(=O)C1CCCCS1(=O)=O. The number of hydrogen-bond acceptors (Lipinski definition) is 4.